The lowest BCUT2D eigenvalue weighted by atomic mass is 10.2. The number of hydrogen-bond acceptors (Lipinski definition) is 2. The Morgan fingerprint density at radius 1 is 1.00 bits per heavy atom. The van der Waals surface area contributed by atoms with E-state index in [-0.39, 0.29) is 4.90 Å². The smallest absolute Gasteiger partial charge is 0.199 e. The van der Waals surface area contributed by atoms with Crippen molar-refractivity contribution in [3.63, 3.8) is 0 Å². The highest BCUT2D eigenvalue weighted by atomic mass is 32.2. The fourth-order valence-electron chi connectivity index (χ4n) is 1.53. The van der Waals surface area contributed by atoms with Crippen LogP contribution in [0.5, 0.6) is 0 Å². The van der Waals surface area contributed by atoms with Crippen molar-refractivity contribution in [1.29, 1.82) is 0 Å². The molecule has 92 valence electrons. The molecular formula is C14H13NO2S. The largest absolute Gasteiger partial charge is 0.282 e. The Kier molecular flexibility index (Phi) is 3.58. The maximum Gasteiger partial charge on any atom is 0.282 e. The Morgan fingerprint density at radius 2 is 1.72 bits per heavy atom. The second kappa shape index (κ2) is 5.14. The van der Waals surface area contributed by atoms with Gasteiger partial charge in [0.25, 0.3) is 10.0 Å². The van der Waals surface area contributed by atoms with Gasteiger partial charge in [-0.15, -0.1) is 0 Å². The predicted octanol–water partition coefficient (Wildman–Crippen LogP) is 2.80. The quantitative estimate of drug-likeness (QED) is 0.796. The fourth-order valence-corrected chi connectivity index (χ4v) is 2.42. The van der Waals surface area contributed by atoms with Crippen LogP contribution < -0.4 is 0 Å². The Bertz CT molecular complexity index is 661. The van der Waals surface area contributed by atoms with Crippen molar-refractivity contribution < 1.29 is 8.42 Å². The summed E-state index contributed by atoms with van der Waals surface area (Å²) in [6, 6.07) is 15.7. The lowest BCUT2D eigenvalue weighted by Crippen LogP contribution is -1.97. The van der Waals surface area contributed by atoms with Crippen molar-refractivity contribution in [2.75, 3.05) is 0 Å². The molecule has 2 rings (SSSR count). The summed E-state index contributed by atoms with van der Waals surface area (Å²) in [5.74, 6) is 0. The van der Waals surface area contributed by atoms with Crippen LogP contribution in [0.15, 0.2) is 63.9 Å². The summed E-state index contributed by atoms with van der Waals surface area (Å²) >= 11 is 0. The third kappa shape index (κ3) is 3.05. The first kappa shape index (κ1) is 12.5. The number of sulfonamides is 1. The minimum Gasteiger partial charge on any atom is -0.199 e. The van der Waals surface area contributed by atoms with Gasteiger partial charge in [-0.2, -0.15) is 12.8 Å². The molecule has 0 unspecified atom stereocenters. The summed E-state index contributed by atoms with van der Waals surface area (Å²) in [4.78, 5) is 0.203. The van der Waals surface area contributed by atoms with E-state index >= 15 is 0 Å². The molecule has 0 saturated carbocycles. The van der Waals surface area contributed by atoms with E-state index in [2.05, 4.69) is 4.40 Å². The van der Waals surface area contributed by atoms with E-state index in [1.165, 1.54) is 18.3 Å². The summed E-state index contributed by atoms with van der Waals surface area (Å²) < 4.78 is 27.5. The minimum absolute atomic E-state index is 0.203. The van der Waals surface area contributed by atoms with Gasteiger partial charge < -0.3 is 0 Å². The van der Waals surface area contributed by atoms with Crippen LogP contribution in [0.2, 0.25) is 0 Å². The zero-order valence-corrected chi connectivity index (χ0v) is 10.8. The van der Waals surface area contributed by atoms with E-state index in [0.717, 1.165) is 11.1 Å². The van der Waals surface area contributed by atoms with Gasteiger partial charge in [0, 0.05) is 6.21 Å². The molecule has 0 amide bonds. The number of rotatable bonds is 3. The Labute approximate surface area is 107 Å². The average Bonchev–Trinajstić information content (AvgIpc) is 2.38. The van der Waals surface area contributed by atoms with Crippen molar-refractivity contribution in [2.24, 2.45) is 4.40 Å². The number of aryl methyl sites for hydroxylation is 1. The molecular weight excluding hydrogens is 246 g/mol. The molecule has 0 aliphatic rings. The van der Waals surface area contributed by atoms with Gasteiger partial charge in [0.05, 0.1) is 4.90 Å². The van der Waals surface area contributed by atoms with Gasteiger partial charge in [-0.05, 0) is 24.6 Å². The minimum atomic E-state index is -3.60. The van der Waals surface area contributed by atoms with Gasteiger partial charge in [-0.25, -0.2) is 0 Å². The van der Waals surface area contributed by atoms with Gasteiger partial charge >= 0.3 is 0 Å². The van der Waals surface area contributed by atoms with Crippen molar-refractivity contribution >= 4 is 16.2 Å². The molecule has 0 bridgehead atoms. The summed E-state index contributed by atoms with van der Waals surface area (Å²) in [6.07, 6.45) is 1.37. The Hall–Kier alpha value is -1.94. The highest BCUT2D eigenvalue weighted by molar-refractivity contribution is 7.90. The molecule has 2 aromatic carbocycles. The molecule has 0 aromatic heterocycles. The van der Waals surface area contributed by atoms with Gasteiger partial charge in [0.15, 0.2) is 0 Å². The zero-order valence-electron chi connectivity index (χ0n) is 9.95. The van der Waals surface area contributed by atoms with E-state index < -0.39 is 10.0 Å². The summed E-state index contributed by atoms with van der Waals surface area (Å²) in [5, 5.41) is 0. The molecule has 0 fully saturated rings. The topological polar surface area (TPSA) is 46.5 Å². The molecule has 0 N–H and O–H groups in total. The Balaban J connectivity index is 2.29. The fraction of sp³-hybridized carbons (Fsp3) is 0.0714. The van der Waals surface area contributed by atoms with E-state index in [1.54, 1.807) is 18.2 Å². The molecule has 2 aromatic rings. The van der Waals surface area contributed by atoms with Gasteiger partial charge in [0.2, 0.25) is 0 Å². The third-order valence-corrected chi connectivity index (χ3v) is 3.67. The SMILES string of the molecule is Cc1cccc(/C=N/S(=O)(=O)c2ccccc2)c1. The van der Waals surface area contributed by atoms with Gasteiger partial charge in [-0.3, -0.25) is 0 Å². The Morgan fingerprint density at radius 3 is 2.39 bits per heavy atom. The van der Waals surface area contributed by atoms with Gasteiger partial charge in [0.1, 0.15) is 0 Å². The molecule has 18 heavy (non-hydrogen) atoms. The summed E-state index contributed by atoms with van der Waals surface area (Å²) in [5.41, 5.74) is 1.84. The van der Waals surface area contributed by atoms with Crippen LogP contribution in [-0.2, 0) is 10.0 Å². The summed E-state index contributed by atoms with van der Waals surface area (Å²) in [6.45, 7) is 1.95. The molecule has 0 aliphatic heterocycles. The first-order valence-electron chi connectivity index (χ1n) is 5.50. The lowest BCUT2D eigenvalue weighted by molar-refractivity contribution is 0.598. The maximum atomic E-state index is 11.9. The van der Waals surface area contributed by atoms with E-state index in [0.29, 0.717) is 0 Å². The first-order chi connectivity index (χ1) is 8.58. The molecule has 0 spiro atoms. The molecule has 0 atom stereocenters. The standard InChI is InChI=1S/C14H13NO2S/c1-12-6-5-7-13(10-12)11-15-18(16,17)14-8-3-2-4-9-14/h2-11H,1H3/b15-11+. The van der Waals surface area contributed by atoms with Crippen molar-refractivity contribution in [3.8, 4) is 0 Å². The van der Waals surface area contributed by atoms with Crippen LogP contribution in [0.25, 0.3) is 0 Å². The zero-order chi connectivity index (χ0) is 13.0. The van der Waals surface area contributed by atoms with E-state index in [4.69, 9.17) is 0 Å². The van der Waals surface area contributed by atoms with Crippen molar-refractivity contribution in [3.05, 3.63) is 65.7 Å². The van der Waals surface area contributed by atoms with Gasteiger partial charge in [-0.1, -0.05) is 48.0 Å². The second-order valence-corrected chi connectivity index (χ2v) is 5.57. The molecule has 0 heterocycles. The molecule has 3 nitrogen and oxygen atoms in total. The highest BCUT2D eigenvalue weighted by Crippen LogP contribution is 2.11. The second-order valence-electron chi connectivity index (χ2n) is 3.94. The van der Waals surface area contributed by atoms with E-state index in [1.807, 2.05) is 31.2 Å². The van der Waals surface area contributed by atoms with Crippen molar-refractivity contribution in [1.82, 2.24) is 0 Å². The van der Waals surface area contributed by atoms with Crippen LogP contribution in [0.1, 0.15) is 11.1 Å². The first-order valence-corrected chi connectivity index (χ1v) is 6.94. The number of nitrogens with zero attached hydrogens (tertiary/aromatic N) is 1. The average molecular weight is 259 g/mol. The molecule has 0 radical (unpaired) electrons. The predicted molar refractivity (Wildman–Crippen MR) is 72.4 cm³/mol. The third-order valence-electron chi connectivity index (χ3n) is 2.42. The molecule has 0 aliphatic carbocycles. The van der Waals surface area contributed by atoms with Crippen molar-refractivity contribution in [2.45, 2.75) is 11.8 Å². The van der Waals surface area contributed by atoms with Crippen LogP contribution in [0.4, 0.5) is 0 Å². The highest BCUT2D eigenvalue weighted by Gasteiger charge is 2.09. The van der Waals surface area contributed by atoms with Crippen LogP contribution in [0.3, 0.4) is 0 Å². The van der Waals surface area contributed by atoms with Crippen LogP contribution in [0, 0.1) is 6.92 Å². The number of benzene rings is 2. The number of hydrogen-bond donors (Lipinski definition) is 0. The van der Waals surface area contributed by atoms with E-state index in [9.17, 15) is 8.42 Å². The summed E-state index contributed by atoms with van der Waals surface area (Å²) in [7, 11) is -3.60. The van der Waals surface area contributed by atoms with Crippen LogP contribution in [-0.4, -0.2) is 14.6 Å². The molecule has 4 heteroatoms. The molecule has 0 saturated heterocycles. The maximum absolute atomic E-state index is 11.9. The monoisotopic (exact) mass is 259 g/mol. The lowest BCUT2D eigenvalue weighted by Gasteiger charge is -1.98. The van der Waals surface area contributed by atoms with Crippen LogP contribution >= 0.6 is 0 Å². The normalized spacial score (nSPS) is 11.8.